The largest absolute Gasteiger partial charge is 0.496 e. The molecule has 0 bridgehead atoms. The van der Waals surface area contributed by atoms with Crippen molar-refractivity contribution < 1.29 is 9.53 Å². The second kappa shape index (κ2) is 12.3. The third-order valence-corrected chi connectivity index (χ3v) is 3.59. The maximum Gasteiger partial charge on any atom is 0.241 e. The number of aliphatic imine (C=N–C) groups is 1. The maximum atomic E-state index is 11.7. The molecule has 0 heterocycles. The zero-order valence-electron chi connectivity index (χ0n) is 14.6. The molecule has 1 amide bonds. The van der Waals surface area contributed by atoms with Crippen LogP contribution in [0.25, 0.3) is 0 Å². The molecule has 24 heavy (non-hydrogen) atoms. The number of halogens is 2. The molecule has 1 aromatic rings. The molecule has 0 aliphatic rings. The van der Waals surface area contributed by atoms with Crippen LogP contribution < -0.4 is 15.4 Å². The molecule has 0 spiro atoms. The zero-order valence-corrected chi connectivity index (χ0v) is 18.5. The Morgan fingerprint density at radius 3 is 2.62 bits per heavy atom. The third-order valence-electron chi connectivity index (χ3n) is 3.10. The Morgan fingerprint density at radius 1 is 1.33 bits per heavy atom. The number of ether oxygens (including phenoxy) is 1. The van der Waals surface area contributed by atoms with E-state index in [4.69, 9.17) is 4.74 Å². The van der Waals surface area contributed by atoms with Gasteiger partial charge in [0.1, 0.15) is 5.75 Å². The van der Waals surface area contributed by atoms with E-state index < -0.39 is 0 Å². The average Bonchev–Trinajstić information content (AvgIpc) is 2.53. The SMILES string of the molecule is CCCNC(=NCc1cc(Br)ccc1OC)NCC(=O)N(C)C.I. The van der Waals surface area contributed by atoms with Crippen molar-refractivity contribution in [2.45, 2.75) is 19.9 Å². The third kappa shape index (κ3) is 8.18. The number of rotatable bonds is 7. The van der Waals surface area contributed by atoms with Crippen molar-refractivity contribution in [3.8, 4) is 5.75 Å². The lowest BCUT2D eigenvalue weighted by Gasteiger charge is -2.15. The number of guanidine groups is 1. The Bertz CT molecular complexity index is 553. The molecule has 136 valence electrons. The smallest absolute Gasteiger partial charge is 0.241 e. The molecule has 0 radical (unpaired) electrons. The van der Waals surface area contributed by atoms with Gasteiger partial charge in [-0.2, -0.15) is 0 Å². The van der Waals surface area contributed by atoms with Crippen molar-refractivity contribution in [1.82, 2.24) is 15.5 Å². The quantitative estimate of drug-likeness (QED) is 0.335. The van der Waals surface area contributed by atoms with E-state index >= 15 is 0 Å². The molecule has 0 atom stereocenters. The first-order valence-electron chi connectivity index (χ1n) is 7.52. The standard InChI is InChI=1S/C16H25BrN4O2.HI/c1-5-8-18-16(20-11-15(22)21(2)3)19-10-12-9-13(17)6-7-14(12)23-4;/h6-7,9H,5,8,10-11H2,1-4H3,(H2,18,19,20);1H. The predicted octanol–water partition coefficient (Wildman–Crippen LogP) is 2.61. The monoisotopic (exact) mass is 512 g/mol. The van der Waals surface area contributed by atoms with Gasteiger partial charge in [0, 0.05) is 30.7 Å². The minimum Gasteiger partial charge on any atom is -0.496 e. The van der Waals surface area contributed by atoms with Crippen LogP contribution in [0.3, 0.4) is 0 Å². The van der Waals surface area contributed by atoms with E-state index in [2.05, 4.69) is 38.5 Å². The summed E-state index contributed by atoms with van der Waals surface area (Å²) in [5.74, 6) is 1.40. The van der Waals surface area contributed by atoms with Crippen LogP contribution in [0.15, 0.2) is 27.7 Å². The Balaban J connectivity index is 0.00000529. The second-order valence-corrected chi connectivity index (χ2v) is 6.11. The topological polar surface area (TPSA) is 66.0 Å². The van der Waals surface area contributed by atoms with Gasteiger partial charge in [-0.05, 0) is 24.6 Å². The van der Waals surface area contributed by atoms with E-state index in [9.17, 15) is 4.79 Å². The van der Waals surface area contributed by atoms with Crippen LogP contribution in [0.2, 0.25) is 0 Å². The lowest BCUT2D eigenvalue weighted by atomic mass is 10.2. The highest BCUT2D eigenvalue weighted by Crippen LogP contribution is 2.23. The van der Waals surface area contributed by atoms with Gasteiger partial charge in [-0.1, -0.05) is 22.9 Å². The van der Waals surface area contributed by atoms with Crippen molar-refractivity contribution in [2.24, 2.45) is 4.99 Å². The Labute approximate surface area is 169 Å². The number of nitrogens with one attached hydrogen (secondary N) is 2. The number of carbonyl (C=O) groups excluding carboxylic acids is 1. The van der Waals surface area contributed by atoms with Gasteiger partial charge in [-0.25, -0.2) is 4.99 Å². The number of carbonyl (C=O) groups is 1. The van der Waals surface area contributed by atoms with E-state index in [1.165, 1.54) is 0 Å². The summed E-state index contributed by atoms with van der Waals surface area (Å²) in [6.07, 6.45) is 0.975. The first-order chi connectivity index (χ1) is 11.0. The minimum absolute atomic E-state index is 0. The van der Waals surface area contributed by atoms with E-state index in [-0.39, 0.29) is 36.4 Å². The van der Waals surface area contributed by atoms with Gasteiger partial charge < -0.3 is 20.3 Å². The second-order valence-electron chi connectivity index (χ2n) is 5.19. The fraction of sp³-hybridized carbons (Fsp3) is 0.500. The van der Waals surface area contributed by atoms with Crippen molar-refractivity contribution in [3.05, 3.63) is 28.2 Å². The summed E-state index contributed by atoms with van der Waals surface area (Å²) in [7, 11) is 5.10. The number of hydrogen-bond acceptors (Lipinski definition) is 3. The molecule has 0 unspecified atom stereocenters. The fourth-order valence-electron chi connectivity index (χ4n) is 1.77. The van der Waals surface area contributed by atoms with Crippen LogP contribution in [-0.4, -0.2) is 51.1 Å². The van der Waals surface area contributed by atoms with Crippen LogP contribution in [0.5, 0.6) is 5.75 Å². The van der Waals surface area contributed by atoms with Crippen LogP contribution >= 0.6 is 39.9 Å². The predicted molar refractivity (Wildman–Crippen MR) is 112 cm³/mol. The van der Waals surface area contributed by atoms with E-state index in [1.807, 2.05) is 18.2 Å². The lowest BCUT2D eigenvalue weighted by molar-refractivity contribution is -0.127. The molecule has 0 aliphatic heterocycles. The number of methoxy groups -OCH3 is 1. The molecule has 6 nitrogen and oxygen atoms in total. The highest BCUT2D eigenvalue weighted by Gasteiger charge is 2.07. The first kappa shape index (κ1) is 23.0. The van der Waals surface area contributed by atoms with E-state index in [0.29, 0.717) is 12.5 Å². The van der Waals surface area contributed by atoms with Gasteiger partial charge in [0.15, 0.2) is 5.96 Å². The summed E-state index contributed by atoms with van der Waals surface area (Å²) < 4.78 is 6.33. The van der Waals surface area contributed by atoms with E-state index in [0.717, 1.165) is 28.8 Å². The summed E-state index contributed by atoms with van der Waals surface area (Å²) in [4.78, 5) is 17.8. The van der Waals surface area contributed by atoms with Gasteiger partial charge >= 0.3 is 0 Å². The molecule has 8 heteroatoms. The average molecular weight is 513 g/mol. The van der Waals surface area contributed by atoms with Gasteiger partial charge in [0.2, 0.25) is 5.91 Å². The number of nitrogens with zero attached hydrogens (tertiary/aromatic N) is 2. The summed E-state index contributed by atoms with van der Waals surface area (Å²) in [5.41, 5.74) is 0.971. The molecule has 0 fully saturated rings. The molecule has 0 saturated carbocycles. The van der Waals surface area contributed by atoms with Gasteiger partial charge in [0.05, 0.1) is 20.2 Å². The summed E-state index contributed by atoms with van der Waals surface area (Å²) in [6.45, 7) is 3.53. The van der Waals surface area contributed by atoms with Crippen molar-refractivity contribution in [1.29, 1.82) is 0 Å². The van der Waals surface area contributed by atoms with Crippen LogP contribution in [0.4, 0.5) is 0 Å². The van der Waals surface area contributed by atoms with Crippen molar-refractivity contribution in [2.75, 3.05) is 34.3 Å². The molecule has 0 aromatic heterocycles. The number of benzene rings is 1. The van der Waals surface area contributed by atoms with E-state index in [1.54, 1.807) is 26.1 Å². The molecule has 0 saturated heterocycles. The van der Waals surface area contributed by atoms with Gasteiger partial charge in [-0.15, -0.1) is 24.0 Å². The summed E-state index contributed by atoms with van der Waals surface area (Å²) in [5, 5.41) is 6.25. The molecule has 0 aliphatic carbocycles. The Morgan fingerprint density at radius 2 is 2.04 bits per heavy atom. The van der Waals surface area contributed by atoms with Crippen LogP contribution in [-0.2, 0) is 11.3 Å². The summed E-state index contributed by atoms with van der Waals surface area (Å²) in [6, 6.07) is 5.80. The Hall–Kier alpha value is -1.03. The van der Waals surface area contributed by atoms with Crippen LogP contribution in [0, 0.1) is 0 Å². The number of amides is 1. The summed E-state index contributed by atoms with van der Waals surface area (Å²) >= 11 is 3.45. The normalized spacial score (nSPS) is 10.6. The fourth-order valence-corrected chi connectivity index (χ4v) is 2.18. The van der Waals surface area contributed by atoms with Crippen molar-refractivity contribution in [3.63, 3.8) is 0 Å². The minimum atomic E-state index is -0.00367. The molecular weight excluding hydrogens is 487 g/mol. The molecule has 2 N–H and O–H groups in total. The highest BCUT2D eigenvalue weighted by atomic mass is 127. The van der Waals surface area contributed by atoms with Gasteiger partial charge in [-0.3, -0.25) is 4.79 Å². The van der Waals surface area contributed by atoms with Crippen LogP contribution in [0.1, 0.15) is 18.9 Å². The van der Waals surface area contributed by atoms with Crippen molar-refractivity contribution >= 4 is 51.8 Å². The lowest BCUT2D eigenvalue weighted by Crippen LogP contribution is -2.43. The number of hydrogen-bond donors (Lipinski definition) is 2. The van der Waals surface area contributed by atoms with Gasteiger partial charge in [0.25, 0.3) is 0 Å². The highest BCUT2D eigenvalue weighted by molar-refractivity contribution is 14.0. The molecule has 1 aromatic carbocycles. The molecular formula is C16H26BrIN4O2. The first-order valence-corrected chi connectivity index (χ1v) is 8.32. The number of likely N-dealkylation sites (N-methyl/N-ethyl adjacent to an activating group) is 1. The maximum absolute atomic E-state index is 11.7. The Kier molecular flexibility index (Phi) is 11.8. The molecule has 1 rings (SSSR count). The zero-order chi connectivity index (χ0) is 17.2.